The SMILES string of the molecule is C=C.CC(C)/C(O)=C/C(=O)Nc1ccccc1. The number of rotatable bonds is 3. The summed E-state index contributed by atoms with van der Waals surface area (Å²) in [5.74, 6) is -0.262. The number of benzene rings is 1. The van der Waals surface area contributed by atoms with Gasteiger partial charge >= 0.3 is 0 Å². The maximum Gasteiger partial charge on any atom is 0.251 e. The number of amides is 1. The largest absolute Gasteiger partial charge is 0.512 e. The lowest BCUT2D eigenvalue weighted by atomic mass is 10.1. The maximum atomic E-state index is 11.4. The first-order chi connectivity index (χ1) is 8.09. The molecular weight excluding hydrogens is 214 g/mol. The topological polar surface area (TPSA) is 49.3 Å². The van der Waals surface area contributed by atoms with E-state index < -0.39 is 0 Å². The molecule has 0 unspecified atom stereocenters. The van der Waals surface area contributed by atoms with Crippen molar-refractivity contribution in [3.8, 4) is 0 Å². The Morgan fingerprint density at radius 3 is 2.29 bits per heavy atom. The number of para-hydroxylation sites is 1. The molecule has 0 aliphatic rings. The maximum absolute atomic E-state index is 11.4. The summed E-state index contributed by atoms with van der Waals surface area (Å²) in [4.78, 5) is 11.4. The van der Waals surface area contributed by atoms with Gasteiger partial charge in [0, 0.05) is 17.7 Å². The molecule has 3 heteroatoms. The fourth-order valence-corrected chi connectivity index (χ4v) is 1.00. The molecule has 0 atom stereocenters. The van der Waals surface area contributed by atoms with E-state index in [0.29, 0.717) is 0 Å². The summed E-state index contributed by atoms with van der Waals surface area (Å²) in [6.45, 7) is 9.64. The Balaban J connectivity index is 0.00000121. The summed E-state index contributed by atoms with van der Waals surface area (Å²) in [5.41, 5.74) is 0.718. The van der Waals surface area contributed by atoms with Crippen LogP contribution < -0.4 is 5.32 Å². The molecule has 0 fully saturated rings. The number of nitrogens with one attached hydrogen (secondary N) is 1. The summed E-state index contributed by atoms with van der Waals surface area (Å²) in [5, 5.41) is 12.0. The number of anilines is 1. The van der Waals surface area contributed by atoms with Gasteiger partial charge in [0.1, 0.15) is 5.76 Å². The van der Waals surface area contributed by atoms with Crippen molar-refractivity contribution < 1.29 is 9.90 Å². The van der Waals surface area contributed by atoms with Crippen LogP contribution in [0.4, 0.5) is 5.69 Å². The van der Waals surface area contributed by atoms with Crippen molar-refractivity contribution in [1.29, 1.82) is 0 Å². The molecule has 1 amide bonds. The molecule has 17 heavy (non-hydrogen) atoms. The molecule has 0 aromatic heterocycles. The van der Waals surface area contributed by atoms with Crippen LogP contribution in [0.3, 0.4) is 0 Å². The zero-order valence-corrected chi connectivity index (χ0v) is 10.3. The quantitative estimate of drug-likeness (QED) is 0.476. The van der Waals surface area contributed by atoms with Crippen molar-refractivity contribution >= 4 is 11.6 Å². The molecule has 2 N–H and O–H groups in total. The first kappa shape index (κ1) is 15.0. The molecule has 0 saturated heterocycles. The van der Waals surface area contributed by atoms with E-state index in [1.807, 2.05) is 32.0 Å². The van der Waals surface area contributed by atoms with Crippen LogP contribution in [0, 0.1) is 5.92 Å². The van der Waals surface area contributed by atoms with Gasteiger partial charge in [0.2, 0.25) is 0 Å². The minimum absolute atomic E-state index is 0.0356. The Bertz CT molecular complexity index is 369. The Morgan fingerprint density at radius 2 is 1.82 bits per heavy atom. The van der Waals surface area contributed by atoms with Crippen LogP contribution in [-0.4, -0.2) is 11.0 Å². The number of carbonyl (C=O) groups excluding carboxylic acids is 1. The van der Waals surface area contributed by atoms with Crippen molar-refractivity contribution in [3.63, 3.8) is 0 Å². The summed E-state index contributed by atoms with van der Waals surface area (Å²) in [6.07, 6.45) is 1.21. The highest BCUT2D eigenvalue weighted by molar-refractivity contribution is 5.99. The van der Waals surface area contributed by atoms with E-state index in [0.717, 1.165) is 5.69 Å². The second-order valence-corrected chi connectivity index (χ2v) is 3.58. The van der Waals surface area contributed by atoms with E-state index in [4.69, 9.17) is 0 Å². The lowest BCUT2D eigenvalue weighted by molar-refractivity contribution is -0.112. The second kappa shape index (κ2) is 8.16. The van der Waals surface area contributed by atoms with Gasteiger partial charge in [0.25, 0.3) is 5.91 Å². The van der Waals surface area contributed by atoms with Gasteiger partial charge in [-0.2, -0.15) is 0 Å². The van der Waals surface area contributed by atoms with Gasteiger partial charge in [0.05, 0.1) is 0 Å². The van der Waals surface area contributed by atoms with Gasteiger partial charge in [-0.3, -0.25) is 4.79 Å². The average molecular weight is 233 g/mol. The van der Waals surface area contributed by atoms with Crippen molar-refractivity contribution in [2.24, 2.45) is 5.92 Å². The predicted molar refractivity (Wildman–Crippen MR) is 71.9 cm³/mol. The summed E-state index contributed by atoms with van der Waals surface area (Å²) >= 11 is 0. The number of aliphatic hydroxyl groups is 1. The van der Waals surface area contributed by atoms with Crippen LogP contribution in [-0.2, 0) is 4.79 Å². The normalized spacial score (nSPS) is 10.4. The third kappa shape index (κ3) is 6.20. The lowest BCUT2D eigenvalue weighted by Gasteiger charge is -2.04. The third-order valence-electron chi connectivity index (χ3n) is 1.91. The van der Waals surface area contributed by atoms with E-state index >= 15 is 0 Å². The number of aliphatic hydroxyl groups excluding tert-OH is 1. The minimum Gasteiger partial charge on any atom is -0.512 e. The van der Waals surface area contributed by atoms with Crippen molar-refractivity contribution in [2.75, 3.05) is 5.32 Å². The predicted octanol–water partition coefficient (Wildman–Crippen LogP) is 3.53. The number of allylic oxidation sites excluding steroid dienone is 1. The fourth-order valence-electron chi connectivity index (χ4n) is 1.00. The molecule has 0 aliphatic heterocycles. The first-order valence-electron chi connectivity index (χ1n) is 5.36. The highest BCUT2D eigenvalue weighted by atomic mass is 16.3. The van der Waals surface area contributed by atoms with Gasteiger partial charge in [0.15, 0.2) is 0 Å². The molecule has 1 aromatic rings. The average Bonchev–Trinajstić information content (AvgIpc) is 2.32. The number of carbonyl (C=O) groups is 1. The summed E-state index contributed by atoms with van der Waals surface area (Å²) in [7, 11) is 0. The number of hydrogen-bond donors (Lipinski definition) is 2. The minimum atomic E-state index is -0.313. The van der Waals surface area contributed by atoms with Crippen LogP contribution in [0.25, 0.3) is 0 Å². The van der Waals surface area contributed by atoms with Gasteiger partial charge in [-0.25, -0.2) is 0 Å². The van der Waals surface area contributed by atoms with Crippen LogP contribution in [0.5, 0.6) is 0 Å². The Kier molecular flexibility index (Phi) is 7.19. The second-order valence-electron chi connectivity index (χ2n) is 3.58. The molecule has 3 nitrogen and oxygen atoms in total. The van der Waals surface area contributed by atoms with Gasteiger partial charge < -0.3 is 10.4 Å². The monoisotopic (exact) mass is 233 g/mol. The smallest absolute Gasteiger partial charge is 0.251 e. The molecule has 1 aromatic carbocycles. The molecule has 1 rings (SSSR count). The summed E-state index contributed by atoms with van der Waals surface area (Å²) < 4.78 is 0. The van der Waals surface area contributed by atoms with Crippen LogP contribution in [0.15, 0.2) is 55.3 Å². The van der Waals surface area contributed by atoms with Gasteiger partial charge in [-0.15, -0.1) is 13.2 Å². The molecule has 92 valence electrons. The molecule has 0 bridgehead atoms. The molecule has 0 saturated carbocycles. The molecule has 0 aliphatic carbocycles. The van der Waals surface area contributed by atoms with Crippen LogP contribution >= 0.6 is 0 Å². The number of hydrogen-bond acceptors (Lipinski definition) is 2. The zero-order chi connectivity index (χ0) is 13.3. The van der Waals surface area contributed by atoms with Crippen molar-refractivity contribution in [1.82, 2.24) is 0 Å². The zero-order valence-electron chi connectivity index (χ0n) is 10.3. The van der Waals surface area contributed by atoms with Crippen molar-refractivity contribution in [2.45, 2.75) is 13.8 Å². The first-order valence-corrected chi connectivity index (χ1v) is 5.36. The van der Waals surface area contributed by atoms with Crippen LogP contribution in [0.1, 0.15) is 13.8 Å². The van der Waals surface area contributed by atoms with Crippen LogP contribution in [0.2, 0.25) is 0 Å². The highest BCUT2D eigenvalue weighted by Gasteiger charge is 2.03. The van der Waals surface area contributed by atoms with E-state index in [-0.39, 0.29) is 17.6 Å². The molecule has 0 spiro atoms. The third-order valence-corrected chi connectivity index (χ3v) is 1.91. The van der Waals surface area contributed by atoms with Crippen molar-refractivity contribution in [3.05, 3.63) is 55.3 Å². The van der Waals surface area contributed by atoms with Gasteiger partial charge in [-0.05, 0) is 12.1 Å². The molecular formula is C14H19NO2. The summed E-state index contributed by atoms with van der Waals surface area (Å²) in [6, 6.07) is 9.12. The molecule has 0 radical (unpaired) electrons. The van der Waals surface area contributed by atoms with E-state index in [2.05, 4.69) is 18.5 Å². The Hall–Kier alpha value is -2.03. The van der Waals surface area contributed by atoms with E-state index in [1.165, 1.54) is 6.08 Å². The molecule has 0 heterocycles. The van der Waals surface area contributed by atoms with E-state index in [1.54, 1.807) is 12.1 Å². The standard InChI is InChI=1S/C12H15NO2.C2H4/c1-9(2)11(14)8-12(15)13-10-6-4-3-5-7-10;1-2/h3-9,14H,1-2H3,(H,13,15);1-2H2/b11-8-;. The lowest BCUT2D eigenvalue weighted by Crippen LogP contribution is -2.10. The fraction of sp³-hybridized carbons (Fsp3) is 0.214. The Labute approximate surface area is 102 Å². The highest BCUT2D eigenvalue weighted by Crippen LogP contribution is 2.07. The van der Waals surface area contributed by atoms with E-state index in [9.17, 15) is 9.90 Å². The van der Waals surface area contributed by atoms with Gasteiger partial charge in [-0.1, -0.05) is 32.0 Å². The Morgan fingerprint density at radius 1 is 1.29 bits per heavy atom.